The van der Waals surface area contributed by atoms with E-state index >= 15 is 0 Å². The Morgan fingerprint density at radius 3 is 2.62 bits per heavy atom. The third kappa shape index (κ3) is 3.42. The Hall–Kier alpha value is -2.30. The molecule has 5 heteroatoms. The highest BCUT2D eigenvalue weighted by atomic mass is 16.2. The number of hydrogen-bond acceptors (Lipinski definition) is 4. The summed E-state index contributed by atoms with van der Waals surface area (Å²) >= 11 is 0. The zero-order valence-electron chi connectivity index (χ0n) is 11.9. The Kier molecular flexibility index (Phi) is 4.19. The second kappa shape index (κ2) is 6.43. The molecule has 0 aromatic carbocycles. The smallest absolute Gasteiger partial charge is 0.227 e. The lowest BCUT2D eigenvalue weighted by molar-refractivity contribution is -0.131. The van der Waals surface area contributed by atoms with Crippen molar-refractivity contribution in [3.8, 4) is 0 Å². The molecule has 1 aliphatic heterocycles. The SMILES string of the molecule is O=C(Cc1cccnc1)N1CCC(c2cnccn2)CC1. The molecule has 0 bridgehead atoms. The second-order valence-electron chi connectivity index (χ2n) is 5.32. The van der Waals surface area contributed by atoms with Crippen molar-refractivity contribution in [2.24, 2.45) is 0 Å². The molecular formula is C16H18N4O. The van der Waals surface area contributed by atoms with Gasteiger partial charge in [0, 0.05) is 50.0 Å². The van der Waals surface area contributed by atoms with Crippen molar-refractivity contribution in [1.82, 2.24) is 19.9 Å². The molecule has 1 amide bonds. The fraction of sp³-hybridized carbons (Fsp3) is 0.375. The summed E-state index contributed by atoms with van der Waals surface area (Å²) in [6.45, 7) is 1.58. The fourth-order valence-electron chi connectivity index (χ4n) is 2.74. The van der Waals surface area contributed by atoms with Gasteiger partial charge in [0.05, 0.1) is 12.1 Å². The van der Waals surface area contributed by atoms with E-state index in [0.717, 1.165) is 37.2 Å². The predicted octanol–water partition coefficient (Wildman–Crippen LogP) is 1.82. The van der Waals surface area contributed by atoms with Gasteiger partial charge in [0.15, 0.2) is 0 Å². The van der Waals surface area contributed by atoms with Gasteiger partial charge < -0.3 is 4.90 Å². The monoisotopic (exact) mass is 282 g/mol. The van der Waals surface area contributed by atoms with E-state index in [1.165, 1.54) is 0 Å². The molecule has 1 fully saturated rings. The molecule has 108 valence electrons. The number of nitrogens with zero attached hydrogens (tertiary/aromatic N) is 4. The van der Waals surface area contributed by atoms with Gasteiger partial charge in [0.1, 0.15) is 0 Å². The van der Waals surface area contributed by atoms with Crippen LogP contribution in [0.15, 0.2) is 43.1 Å². The van der Waals surface area contributed by atoms with Crippen LogP contribution in [0.1, 0.15) is 30.0 Å². The topological polar surface area (TPSA) is 59.0 Å². The van der Waals surface area contributed by atoms with E-state index in [1.54, 1.807) is 24.8 Å². The zero-order valence-corrected chi connectivity index (χ0v) is 11.9. The van der Waals surface area contributed by atoms with Crippen molar-refractivity contribution >= 4 is 5.91 Å². The van der Waals surface area contributed by atoms with Crippen LogP contribution in [-0.4, -0.2) is 38.8 Å². The normalized spacial score (nSPS) is 15.9. The largest absolute Gasteiger partial charge is 0.342 e. The Bertz CT molecular complexity index is 580. The first kappa shape index (κ1) is 13.7. The van der Waals surface area contributed by atoms with Crippen LogP contribution in [0.2, 0.25) is 0 Å². The summed E-state index contributed by atoms with van der Waals surface area (Å²) in [6.07, 6.45) is 11.1. The predicted molar refractivity (Wildman–Crippen MR) is 78.5 cm³/mol. The van der Waals surface area contributed by atoms with Crippen molar-refractivity contribution < 1.29 is 4.79 Å². The highest BCUT2D eigenvalue weighted by Crippen LogP contribution is 2.26. The Labute approximate surface area is 124 Å². The summed E-state index contributed by atoms with van der Waals surface area (Å²) in [5, 5.41) is 0. The molecule has 0 unspecified atom stereocenters. The third-order valence-corrected chi connectivity index (χ3v) is 3.93. The van der Waals surface area contributed by atoms with Gasteiger partial charge >= 0.3 is 0 Å². The number of aromatic nitrogens is 3. The molecule has 0 atom stereocenters. The van der Waals surface area contributed by atoms with Crippen LogP contribution in [-0.2, 0) is 11.2 Å². The minimum Gasteiger partial charge on any atom is -0.342 e. The molecule has 3 rings (SSSR count). The van der Waals surface area contributed by atoms with E-state index in [1.807, 2.05) is 23.2 Å². The second-order valence-corrected chi connectivity index (χ2v) is 5.32. The minimum absolute atomic E-state index is 0.181. The van der Waals surface area contributed by atoms with Crippen molar-refractivity contribution in [3.63, 3.8) is 0 Å². The maximum atomic E-state index is 12.3. The first-order chi connectivity index (χ1) is 10.3. The molecular weight excluding hydrogens is 264 g/mol. The zero-order chi connectivity index (χ0) is 14.5. The third-order valence-electron chi connectivity index (χ3n) is 3.93. The number of hydrogen-bond donors (Lipinski definition) is 0. The summed E-state index contributed by atoms with van der Waals surface area (Å²) in [6, 6.07) is 3.81. The first-order valence-corrected chi connectivity index (χ1v) is 7.25. The molecule has 3 heterocycles. The van der Waals surface area contributed by atoms with Gasteiger partial charge in [-0.2, -0.15) is 0 Å². The van der Waals surface area contributed by atoms with Gasteiger partial charge in [0.2, 0.25) is 5.91 Å². The van der Waals surface area contributed by atoms with Crippen LogP contribution < -0.4 is 0 Å². The Balaban J connectivity index is 1.55. The standard InChI is InChI=1S/C16H18N4O/c21-16(10-13-2-1-5-17-11-13)20-8-3-14(4-9-20)15-12-18-6-7-19-15/h1-2,5-7,11-12,14H,3-4,8-10H2. The van der Waals surface area contributed by atoms with Crippen molar-refractivity contribution in [2.75, 3.05) is 13.1 Å². The highest BCUT2D eigenvalue weighted by molar-refractivity contribution is 5.78. The number of rotatable bonds is 3. The van der Waals surface area contributed by atoms with Gasteiger partial charge in [-0.05, 0) is 24.5 Å². The van der Waals surface area contributed by atoms with Crippen molar-refractivity contribution in [3.05, 3.63) is 54.4 Å². The van der Waals surface area contributed by atoms with Crippen LogP contribution in [0, 0.1) is 0 Å². The number of likely N-dealkylation sites (tertiary alicyclic amines) is 1. The minimum atomic E-state index is 0.181. The van der Waals surface area contributed by atoms with Crippen LogP contribution in [0.5, 0.6) is 0 Å². The molecule has 1 saturated heterocycles. The molecule has 5 nitrogen and oxygen atoms in total. The number of carbonyl (C=O) groups is 1. The average Bonchev–Trinajstić information content (AvgIpc) is 2.57. The van der Waals surface area contributed by atoms with Gasteiger partial charge in [-0.3, -0.25) is 19.7 Å². The van der Waals surface area contributed by atoms with E-state index in [9.17, 15) is 4.79 Å². The van der Waals surface area contributed by atoms with E-state index in [2.05, 4.69) is 15.0 Å². The lowest BCUT2D eigenvalue weighted by Gasteiger charge is -2.31. The number of carbonyl (C=O) groups excluding carboxylic acids is 1. The molecule has 0 spiro atoms. The summed E-state index contributed by atoms with van der Waals surface area (Å²) in [5.74, 6) is 0.599. The molecule has 21 heavy (non-hydrogen) atoms. The number of pyridine rings is 1. The summed E-state index contributed by atoms with van der Waals surface area (Å²) in [7, 11) is 0. The van der Waals surface area contributed by atoms with E-state index in [4.69, 9.17) is 0 Å². The maximum absolute atomic E-state index is 12.3. The lowest BCUT2D eigenvalue weighted by atomic mass is 9.93. The molecule has 2 aromatic heterocycles. The quantitative estimate of drug-likeness (QED) is 0.861. The molecule has 0 saturated carbocycles. The Morgan fingerprint density at radius 1 is 1.14 bits per heavy atom. The first-order valence-electron chi connectivity index (χ1n) is 7.25. The van der Waals surface area contributed by atoms with Crippen LogP contribution in [0.3, 0.4) is 0 Å². The molecule has 1 aliphatic rings. The molecule has 0 N–H and O–H groups in total. The lowest BCUT2D eigenvalue weighted by Crippen LogP contribution is -2.38. The van der Waals surface area contributed by atoms with Gasteiger partial charge in [-0.15, -0.1) is 0 Å². The average molecular weight is 282 g/mol. The van der Waals surface area contributed by atoms with Gasteiger partial charge in [-0.25, -0.2) is 0 Å². The summed E-state index contributed by atoms with van der Waals surface area (Å²) in [5.41, 5.74) is 2.01. The van der Waals surface area contributed by atoms with Gasteiger partial charge in [0.25, 0.3) is 0 Å². The van der Waals surface area contributed by atoms with Crippen molar-refractivity contribution in [1.29, 1.82) is 0 Å². The molecule has 0 radical (unpaired) electrons. The highest BCUT2D eigenvalue weighted by Gasteiger charge is 2.24. The molecule has 0 aliphatic carbocycles. The Morgan fingerprint density at radius 2 is 1.95 bits per heavy atom. The maximum Gasteiger partial charge on any atom is 0.227 e. The van der Waals surface area contributed by atoms with Crippen LogP contribution in [0.4, 0.5) is 0 Å². The van der Waals surface area contributed by atoms with E-state index < -0.39 is 0 Å². The van der Waals surface area contributed by atoms with Crippen LogP contribution >= 0.6 is 0 Å². The van der Waals surface area contributed by atoms with E-state index in [0.29, 0.717) is 12.3 Å². The fourth-order valence-corrected chi connectivity index (χ4v) is 2.74. The van der Waals surface area contributed by atoms with E-state index in [-0.39, 0.29) is 5.91 Å². The van der Waals surface area contributed by atoms with Crippen molar-refractivity contribution in [2.45, 2.75) is 25.2 Å². The molecule has 2 aromatic rings. The van der Waals surface area contributed by atoms with Crippen LogP contribution in [0.25, 0.3) is 0 Å². The van der Waals surface area contributed by atoms with Gasteiger partial charge in [-0.1, -0.05) is 6.07 Å². The number of amides is 1. The summed E-state index contributed by atoms with van der Waals surface area (Å²) < 4.78 is 0. The summed E-state index contributed by atoms with van der Waals surface area (Å²) in [4.78, 5) is 26.8. The number of piperidine rings is 1.